The van der Waals surface area contributed by atoms with Gasteiger partial charge in [0.1, 0.15) is 5.82 Å². The van der Waals surface area contributed by atoms with Gasteiger partial charge in [-0.3, -0.25) is 9.00 Å². The van der Waals surface area contributed by atoms with Gasteiger partial charge >= 0.3 is 0 Å². The molecule has 0 aromatic heterocycles. The maximum atomic E-state index is 13.9. The van der Waals surface area contributed by atoms with Crippen LogP contribution in [0.25, 0.3) is 0 Å². The molecule has 1 amide bonds. The van der Waals surface area contributed by atoms with E-state index >= 15 is 0 Å². The lowest BCUT2D eigenvalue weighted by Gasteiger charge is -2.23. The van der Waals surface area contributed by atoms with Crippen LogP contribution in [0, 0.1) is 11.7 Å². The zero-order valence-electron chi connectivity index (χ0n) is 11.8. The van der Waals surface area contributed by atoms with Gasteiger partial charge in [-0.05, 0) is 18.1 Å². The number of hydrogen-bond donors (Lipinski definition) is 1. The summed E-state index contributed by atoms with van der Waals surface area (Å²) in [5, 5.41) is 3.11. The van der Waals surface area contributed by atoms with E-state index in [2.05, 4.69) is 5.32 Å². The predicted octanol–water partition coefficient (Wildman–Crippen LogP) is 3.06. The average Bonchev–Trinajstić information content (AvgIpc) is 2.34. The molecule has 0 radical (unpaired) electrons. The van der Waals surface area contributed by atoms with Crippen molar-refractivity contribution in [1.29, 1.82) is 0 Å². The van der Waals surface area contributed by atoms with Gasteiger partial charge in [0.25, 0.3) is 0 Å². The number of halogens is 2. The first-order valence-electron chi connectivity index (χ1n) is 6.35. The Kier molecular flexibility index (Phi) is 6.62. The summed E-state index contributed by atoms with van der Waals surface area (Å²) in [6.45, 7) is 3.80. The molecule has 0 saturated heterocycles. The van der Waals surface area contributed by atoms with Crippen molar-refractivity contribution in [1.82, 2.24) is 5.32 Å². The lowest BCUT2D eigenvalue weighted by molar-refractivity contribution is -0.121. The number of rotatable bonds is 6. The van der Waals surface area contributed by atoms with E-state index in [1.807, 2.05) is 13.8 Å². The molecule has 0 aliphatic heterocycles. The smallest absolute Gasteiger partial charge is 0.221 e. The van der Waals surface area contributed by atoms with Crippen molar-refractivity contribution in [2.24, 2.45) is 5.92 Å². The van der Waals surface area contributed by atoms with Crippen LogP contribution in [0.5, 0.6) is 0 Å². The van der Waals surface area contributed by atoms with Gasteiger partial charge in [0, 0.05) is 39.8 Å². The molecule has 0 fully saturated rings. The second kappa shape index (κ2) is 7.74. The number of hydrogen-bond acceptors (Lipinski definition) is 2. The standard InChI is InChI=1S/C14H19ClFNO2S/c1-9(2)14(17-13(18)6-7-20(3)19)11-5-4-10(15)8-12(11)16/h4-5,8-9,14H,6-7H2,1-3H3,(H,17,18)/t14-,20-/m0/s1. The minimum absolute atomic E-state index is 0.0294. The Morgan fingerprint density at radius 1 is 1.45 bits per heavy atom. The summed E-state index contributed by atoms with van der Waals surface area (Å²) in [5.74, 6) is -0.328. The fourth-order valence-corrected chi connectivity index (χ4v) is 2.47. The van der Waals surface area contributed by atoms with Gasteiger partial charge in [-0.15, -0.1) is 0 Å². The van der Waals surface area contributed by atoms with Gasteiger partial charge in [0.05, 0.1) is 6.04 Å². The van der Waals surface area contributed by atoms with Gasteiger partial charge in [0.2, 0.25) is 5.91 Å². The fourth-order valence-electron chi connectivity index (χ4n) is 1.84. The molecule has 0 heterocycles. The number of carbonyl (C=O) groups is 1. The molecule has 1 N–H and O–H groups in total. The van der Waals surface area contributed by atoms with E-state index < -0.39 is 22.7 Å². The summed E-state index contributed by atoms with van der Waals surface area (Å²) in [6, 6.07) is 3.99. The molecule has 0 bridgehead atoms. The van der Waals surface area contributed by atoms with E-state index in [4.69, 9.17) is 11.6 Å². The third-order valence-corrected chi connectivity index (χ3v) is 3.91. The highest BCUT2D eigenvalue weighted by Gasteiger charge is 2.21. The van der Waals surface area contributed by atoms with E-state index in [1.54, 1.807) is 18.4 Å². The first-order chi connectivity index (χ1) is 9.31. The SMILES string of the molecule is CC(C)[C@H](NC(=O)CC[S@](C)=O)c1ccc(Cl)cc1F. The molecule has 112 valence electrons. The molecule has 0 spiro atoms. The maximum absolute atomic E-state index is 13.9. The molecule has 1 aromatic carbocycles. The summed E-state index contributed by atoms with van der Waals surface area (Å²) < 4.78 is 24.9. The minimum Gasteiger partial charge on any atom is -0.349 e. The highest BCUT2D eigenvalue weighted by molar-refractivity contribution is 7.84. The highest BCUT2D eigenvalue weighted by atomic mass is 35.5. The van der Waals surface area contributed by atoms with Crippen LogP contribution in [-0.4, -0.2) is 22.1 Å². The molecule has 0 aliphatic rings. The lowest BCUT2D eigenvalue weighted by atomic mass is 9.95. The van der Waals surface area contributed by atoms with Gasteiger partial charge in [-0.1, -0.05) is 31.5 Å². The number of carbonyl (C=O) groups excluding carboxylic acids is 1. The molecule has 0 saturated carbocycles. The molecular formula is C14H19ClFNO2S. The Morgan fingerprint density at radius 2 is 2.10 bits per heavy atom. The Morgan fingerprint density at radius 3 is 2.60 bits per heavy atom. The van der Waals surface area contributed by atoms with Crippen molar-refractivity contribution in [3.8, 4) is 0 Å². The molecule has 20 heavy (non-hydrogen) atoms. The zero-order chi connectivity index (χ0) is 15.3. The second-order valence-corrected chi connectivity index (χ2v) is 6.97. The minimum atomic E-state index is -1.02. The Balaban J connectivity index is 2.84. The van der Waals surface area contributed by atoms with Gasteiger partial charge in [0.15, 0.2) is 0 Å². The first kappa shape index (κ1) is 17.1. The van der Waals surface area contributed by atoms with Crippen molar-refractivity contribution in [3.63, 3.8) is 0 Å². The average molecular weight is 320 g/mol. The number of benzene rings is 1. The van der Waals surface area contributed by atoms with Crippen LogP contribution < -0.4 is 5.32 Å². The largest absolute Gasteiger partial charge is 0.349 e. The fraction of sp³-hybridized carbons (Fsp3) is 0.500. The normalized spacial score (nSPS) is 14.1. The predicted molar refractivity (Wildman–Crippen MR) is 80.7 cm³/mol. The van der Waals surface area contributed by atoms with Crippen LogP contribution in [0.2, 0.25) is 5.02 Å². The van der Waals surface area contributed by atoms with Crippen molar-refractivity contribution in [2.75, 3.05) is 12.0 Å². The molecular weight excluding hydrogens is 301 g/mol. The maximum Gasteiger partial charge on any atom is 0.221 e. The van der Waals surface area contributed by atoms with Gasteiger partial charge < -0.3 is 5.32 Å². The van der Waals surface area contributed by atoms with Gasteiger partial charge in [-0.25, -0.2) is 4.39 Å². The molecule has 0 aliphatic carbocycles. The van der Waals surface area contributed by atoms with Crippen molar-refractivity contribution < 1.29 is 13.4 Å². The monoisotopic (exact) mass is 319 g/mol. The van der Waals surface area contributed by atoms with E-state index in [0.29, 0.717) is 16.3 Å². The van der Waals surface area contributed by atoms with E-state index in [0.717, 1.165) is 0 Å². The topological polar surface area (TPSA) is 46.2 Å². The van der Waals surface area contributed by atoms with Crippen LogP contribution in [0.4, 0.5) is 4.39 Å². The highest BCUT2D eigenvalue weighted by Crippen LogP contribution is 2.26. The van der Waals surface area contributed by atoms with Crippen LogP contribution in [0.15, 0.2) is 18.2 Å². The Labute approximate surface area is 126 Å². The van der Waals surface area contributed by atoms with E-state index in [-0.39, 0.29) is 18.2 Å². The molecule has 3 nitrogen and oxygen atoms in total. The third-order valence-electron chi connectivity index (χ3n) is 2.90. The lowest BCUT2D eigenvalue weighted by Crippen LogP contribution is -2.33. The van der Waals surface area contributed by atoms with Crippen molar-refractivity contribution in [3.05, 3.63) is 34.6 Å². The first-order valence-corrected chi connectivity index (χ1v) is 8.46. The molecule has 1 rings (SSSR count). The van der Waals surface area contributed by atoms with Crippen LogP contribution in [0.3, 0.4) is 0 Å². The van der Waals surface area contributed by atoms with Gasteiger partial charge in [-0.2, -0.15) is 0 Å². The summed E-state index contributed by atoms with van der Waals surface area (Å²) >= 11 is 5.73. The molecule has 1 aromatic rings. The van der Waals surface area contributed by atoms with Crippen LogP contribution in [-0.2, 0) is 15.6 Å². The zero-order valence-corrected chi connectivity index (χ0v) is 13.4. The molecule has 0 unspecified atom stereocenters. The number of nitrogens with one attached hydrogen (secondary N) is 1. The van der Waals surface area contributed by atoms with Crippen molar-refractivity contribution in [2.45, 2.75) is 26.3 Å². The third kappa shape index (κ3) is 5.21. The van der Waals surface area contributed by atoms with Crippen molar-refractivity contribution >= 4 is 28.3 Å². The summed E-state index contributed by atoms with van der Waals surface area (Å²) in [7, 11) is -1.02. The molecule has 2 atom stereocenters. The summed E-state index contributed by atoms with van der Waals surface area (Å²) in [6.07, 6.45) is 1.72. The van der Waals surface area contributed by atoms with Crippen LogP contribution in [0.1, 0.15) is 31.9 Å². The quantitative estimate of drug-likeness (QED) is 0.876. The second-order valence-electron chi connectivity index (χ2n) is 4.98. The number of amides is 1. The Hall–Kier alpha value is -0.940. The van der Waals surface area contributed by atoms with E-state index in [9.17, 15) is 13.4 Å². The Bertz CT molecular complexity index is 508. The summed E-state index contributed by atoms with van der Waals surface area (Å²) in [4.78, 5) is 11.8. The van der Waals surface area contributed by atoms with Crippen LogP contribution >= 0.6 is 11.6 Å². The van der Waals surface area contributed by atoms with E-state index in [1.165, 1.54) is 6.07 Å². The molecule has 6 heteroatoms. The summed E-state index contributed by atoms with van der Waals surface area (Å²) in [5.41, 5.74) is 0.412.